The molecule has 2 saturated carbocycles. The number of hydrogen-bond acceptors (Lipinski definition) is 6. The molecule has 5 fully saturated rings. The zero-order valence-corrected chi connectivity index (χ0v) is 14.7. The fourth-order valence-electron chi connectivity index (χ4n) is 4.51. The lowest BCUT2D eigenvalue weighted by Gasteiger charge is -2.24. The molecular weight excluding hydrogens is 324 g/mol. The van der Waals surface area contributed by atoms with E-state index in [4.69, 9.17) is 23.7 Å². The molecule has 0 spiro atoms. The zero-order chi connectivity index (χ0) is 16.9. The number of epoxide rings is 3. The summed E-state index contributed by atoms with van der Waals surface area (Å²) < 4.78 is 28.4. The van der Waals surface area contributed by atoms with Crippen molar-refractivity contribution in [3.63, 3.8) is 0 Å². The van der Waals surface area contributed by atoms with Crippen molar-refractivity contribution in [1.29, 1.82) is 0 Å². The maximum Gasteiger partial charge on any atom is 0.306 e. The third-order valence-electron chi connectivity index (χ3n) is 6.25. The van der Waals surface area contributed by atoms with E-state index in [1.165, 1.54) is 0 Å². The molecule has 5 aliphatic rings. The number of unbranched alkanes of at least 4 members (excludes halogenated alkanes) is 1. The van der Waals surface area contributed by atoms with Crippen molar-refractivity contribution in [3.8, 4) is 0 Å². The molecule has 140 valence electrons. The number of fused-ring (bicyclic) bond motifs is 2. The third kappa shape index (κ3) is 4.02. The fraction of sp³-hybridized carbons (Fsp3) is 0.947. The second kappa shape index (κ2) is 6.48. The quantitative estimate of drug-likeness (QED) is 0.380. The maximum absolute atomic E-state index is 12.0. The van der Waals surface area contributed by atoms with E-state index in [0.29, 0.717) is 37.4 Å². The van der Waals surface area contributed by atoms with E-state index in [1.54, 1.807) is 0 Å². The number of esters is 1. The molecule has 3 saturated heterocycles. The first-order chi connectivity index (χ1) is 12.2. The lowest BCUT2D eigenvalue weighted by molar-refractivity contribution is -0.150. The van der Waals surface area contributed by atoms with Crippen molar-refractivity contribution in [2.45, 2.75) is 107 Å². The van der Waals surface area contributed by atoms with Crippen molar-refractivity contribution in [2.75, 3.05) is 6.61 Å². The topological polar surface area (TPSA) is 73.1 Å². The molecule has 0 amide bonds. The van der Waals surface area contributed by atoms with E-state index in [2.05, 4.69) is 0 Å². The lowest BCUT2D eigenvalue weighted by Crippen LogP contribution is -2.29. The number of rotatable bonds is 8. The first-order valence-corrected chi connectivity index (χ1v) is 10.0. The largest absolute Gasteiger partial charge is 0.462 e. The molecule has 0 aromatic rings. The van der Waals surface area contributed by atoms with Crippen LogP contribution in [0.1, 0.15) is 64.2 Å². The molecule has 0 aromatic carbocycles. The van der Waals surface area contributed by atoms with Gasteiger partial charge in [-0.15, -0.1) is 0 Å². The minimum absolute atomic E-state index is 0.0671. The van der Waals surface area contributed by atoms with Gasteiger partial charge in [0, 0.05) is 25.7 Å². The molecule has 7 atom stereocenters. The summed E-state index contributed by atoms with van der Waals surface area (Å²) in [5.74, 6) is -0.446. The Morgan fingerprint density at radius 1 is 0.920 bits per heavy atom. The maximum atomic E-state index is 12.0. The van der Waals surface area contributed by atoms with Crippen LogP contribution in [0.25, 0.3) is 0 Å². The second-order valence-electron chi connectivity index (χ2n) is 8.31. The van der Waals surface area contributed by atoms with Crippen LogP contribution in [0.4, 0.5) is 0 Å². The number of ether oxygens (including phenoxy) is 5. The zero-order valence-electron chi connectivity index (χ0n) is 14.7. The summed E-state index contributed by atoms with van der Waals surface area (Å²) in [5.41, 5.74) is 0. The van der Waals surface area contributed by atoms with E-state index in [9.17, 15) is 4.79 Å². The number of carbonyl (C=O) groups is 1. The third-order valence-corrected chi connectivity index (χ3v) is 6.25. The fourth-order valence-corrected chi connectivity index (χ4v) is 4.51. The Labute approximate surface area is 148 Å². The summed E-state index contributed by atoms with van der Waals surface area (Å²) >= 11 is 0. The average molecular weight is 352 g/mol. The highest BCUT2D eigenvalue weighted by atomic mass is 16.8. The summed E-state index contributed by atoms with van der Waals surface area (Å²) in [5, 5.41) is 0. The molecule has 2 aliphatic carbocycles. The van der Waals surface area contributed by atoms with Crippen LogP contribution in [0.15, 0.2) is 0 Å². The minimum atomic E-state index is -0.377. The van der Waals surface area contributed by atoms with Crippen molar-refractivity contribution >= 4 is 5.97 Å². The van der Waals surface area contributed by atoms with Crippen LogP contribution in [0, 0.1) is 0 Å². The molecule has 3 aliphatic heterocycles. The molecule has 0 bridgehead atoms. The summed E-state index contributed by atoms with van der Waals surface area (Å²) in [4.78, 5) is 12.0. The first-order valence-electron chi connectivity index (χ1n) is 10.0. The molecule has 6 heteroatoms. The van der Waals surface area contributed by atoms with Gasteiger partial charge in [0.15, 0.2) is 5.79 Å². The predicted octanol–water partition coefficient (Wildman–Crippen LogP) is 2.47. The van der Waals surface area contributed by atoms with Gasteiger partial charge in [0.05, 0.1) is 30.5 Å². The van der Waals surface area contributed by atoms with Gasteiger partial charge >= 0.3 is 5.97 Å². The molecular formula is C19H28O6. The van der Waals surface area contributed by atoms with Gasteiger partial charge in [-0.2, -0.15) is 0 Å². The summed E-state index contributed by atoms with van der Waals surface area (Å²) in [6.07, 6.45) is 11.3. The molecule has 3 heterocycles. The van der Waals surface area contributed by atoms with Crippen molar-refractivity contribution in [3.05, 3.63) is 0 Å². The highest BCUT2D eigenvalue weighted by Gasteiger charge is 2.51. The van der Waals surface area contributed by atoms with Gasteiger partial charge in [-0.05, 0) is 38.5 Å². The molecule has 0 aromatic heterocycles. The molecule has 5 rings (SSSR count). The predicted molar refractivity (Wildman–Crippen MR) is 86.9 cm³/mol. The Morgan fingerprint density at radius 3 is 2.28 bits per heavy atom. The van der Waals surface area contributed by atoms with Crippen molar-refractivity contribution in [1.82, 2.24) is 0 Å². The Balaban J connectivity index is 0.968. The Bertz CT molecular complexity index is 518. The SMILES string of the molecule is O=C(CCCCC1(OC2CCC3OC3C2)CO1)OC1CCC2OC2C1. The van der Waals surface area contributed by atoms with Crippen LogP contribution in [0.2, 0.25) is 0 Å². The van der Waals surface area contributed by atoms with Gasteiger partial charge in [0.25, 0.3) is 0 Å². The number of carbonyl (C=O) groups excluding carboxylic acids is 1. The van der Waals surface area contributed by atoms with E-state index < -0.39 is 0 Å². The van der Waals surface area contributed by atoms with Crippen LogP contribution in [-0.4, -0.2) is 55.0 Å². The highest BCUT2D eigenvalue weighted by Crippen LogP contribution is 2.43. The monoisotopic (exact) mass is 352 g/mol. The van der Waals surface area contributed by atoms with Gasteiger partial charge in [0.2, 0.25) is 0 Å². The molecule has 0 radical (unpaired) electrons. The van der Waals surface area contributed by atoms with Crippen LogP contribution in [-0.2, 0) is 28.5 Å². The second-order valence-corrected chi connectivity index (χ2v) is 8.31. The van der Waals surface area contributed by atoms with E-state index >= 15 is 0 Å². The smallest absolute Gasteiger partial charge is 0.306 e. The summed E-state index contributed by atoms with van der Waals surface area (Å²) in [6.45, 7) is 0.688. The molecule has 25 heavy (non-hydrogen) atoms. The average Bonchev–Trinajstić information content (AvgIpc) is 3.47. The molecule has 7 unspecified atom stereocenters. The van der Waals surface area contributed by atoms with Crippen LogP contribution in [0.5, 0.6) is 0 Å². The van der Waals surface area contributed by atoms with Crippen LogP contribution in [0.3, 0.4) is 0 Å². The van der Waals surface area contributed by atoms with E-state index in [1.807, 2.05) is 0 Å². The van der Waals surface area contributed by atoms with E-state index in [0.717, 1.165) is 57.8 Å². The van der Waals surface area contributed by atoms with Gasteiger partial charge in [-0.3, -0.25) is 4.79 Å². The van der Waals surface area contributed by atoms with Crippen LogP contribution < -0.4 is 0 Å². The van der Waals surface area contributed by atoms with Crippen molar-refractivity contribution < 1.29 is 28.5 Å². The van der Waals surface area contributed by atoms with Gasteiger partial charge in [-0.25, -0.2) is 0 Å². The summed E-state index contributed by atoms with van der Waals surface area (Å²) in [7, 11) is 0. The summed E-state index contributed by atoms with van der Waals surface area (Å²) in [6, 6.07) is 0. The highest BCUT2D eigenvalue weighted by molar-refractivity contribution is 5.69. The van der Waals surface area contributed by atoms with Crippen molar-refractivity contribution in [2.24, 2.45) is 0 Å². The Kier molecular flexibility index (Phi) is 4.27. The normalized spacial score (nSPS) is 46.7. The van der Waals surface area contributed by atoms with E-state index in [-0.39, 0.29) is 24.0 Å². The minimum Gasteiger partial charge on any atom is -0.462 e. The van der Waals surface area contributed by atoms with Gasteiger partial charge in [-0.1, -0.05) is 0 Å². The van der Waals surface area contributed by atoms with Crippen LogP contribution >= 0.6 is 0 Å². The molecule has 0 N–H and O–H groups in total. The Morgan fingerprint density at radius 2 is 1.60 bits per heavy atom. The lowest BCUT2D eigenvalue weighted by atomic mass is 9.97. The van der Waals surface area contributed by atoms with Gasteiger partial charge < -0.3 is 23.7 Å². The molecule has 6 nitrogen and oxygen atoms in total. The Hall–Kier alpha value is -0.690. The standard InChI is InChI=1S/C19H28O6/c20-18(22-12-4-6-14-16(9-12)23-14)3-1-2-8-19(11-21-19)25-13-5-7-15-17(10-13)24-15/h12-17H,1-11H2. The van der Waals surface area contributed by atoms with Gasteiger partial charge in [0.1, 0.15) is 12.7 Å². The first kappa shape index (κ1) is 16.5. The number of hydrogen-bond donors (Lipinski definition) is 0.